The van der Waals surface area contributed by atoms with Crippen molar-refractivity contribution in [2.45, 2.75) is 31.1 Å². The molecule has 3 heteroatoms. The quantitative estimate of drug-likeness (QED) is 0.705. The molecule has 72 valence electrons. The van der Waals surface area contributed by atoms with Gasteiger partial charge in [0.1, 0.15) is 6.07 Å². The third-order valence-corrected chi connectivity index (χ3v) is 3.57. The predicted octanol–water partition coefficient (Wildman–Crippen LogP) is 2.72. The van der Waals surface area contributed by atoms with Gasteiger partial charge in [-0.1, -0.05) is 13.8 Å². The van der Waals surface area contributed by atoms with Crippen molar-refractivity contribution in [2.24, 2.45) is 0 Å². The van der Waals surface area contributed by atoms with Crippen LogP contribution in [0.2, 0.25) is 0 Å². The van der Waals surface area contributed by atoms with Gasteiger partial charge in [0.25, 0.3) is 0 Å². The summed E-state index contributed by atoms with van der Waals surface area (Å²) in [7, 11) is 0. The second-order valence-corrected chi connectivity index (χ2v) is 4.84. The van der Waals surface area contributed by atoms with E-state index < -0.39 is 0 Å². The van der Waals surface area contributed by atoms with Crippen molar-refractivity contribution in [2.75, 3.05) is 5.75 Å². The van der Waals surface area contributed by atoms with E-state index in [4.69, 9.17) is 5.26 Å². The fourth-order valence-electron chi connectivity index (χ4n) is 1.70. The summed E-state index contributed by atoms with van der Waals surface area (Å²) in [5.41, 5.74) is 3.00. The summed E-state index contributed by atoms with van der Waals surface area (Å²) in [5.74, 6) is 1.42. The number of fused-ring (bicyclic) bond motifs is 1. The van der Waals surface area contributed by atoms with Crippen molar-refractivity contribution >= 4 is 11.8 Å². The number of nitriles is 1. The Morgan fingerprint density at radius 1 is 1.57 bits per heavy atom. The van der Waals surface area contributed by atoms with Gasteiger partial charge in [-0.25, -0.2) is 0 Å². The lowest BCUT2D eigenvalue weighted by molar-refractivity contribution is 0.806. The molecule has 0 N–H and O–H groups in total. The van der Waals surface area contributed by atoms with Crippen LogP contribution in [0, 0.1) is 11.3 Å². The zero-order valence-corrected chi connectivity index (χ0v) is 9.19. The summed E-state index contributed by atoms with van der Waals surface area (Å²) in [4.78, 5) is 5.56. The van der Waals surface area contributed by atoms with Crippen molar-refractivity contribution in [3.8, 4) is 6.07 Å². The molecule has 2 nitrogen and oxygen atoms in total. The molecular formula is C11H12N2S. The average Bonchev–Trinajstić information content (AvgIpc) is 2.63. The largest absolute Gasteiger partial charge is 0.259 e. The van der Waals surface area contributed by atoms with Gasteiger partial charge in [-0.2, -0.15) is 5.26 Å². The topological polar surface area (TPSA) is 36.7 Å². The highest BCUT2D eigenvalue weighted by atomic mass is 32.2. The normalized spacial score (nSPS) is 14.1. The number of thioether (sulfide) groups is 1. The summed E-state index contributed by atoms with van der Waals surface area (Å²) in [6, 6.07) is 2.29. The van der Waals surface area contributed by atoms with Crippen LogP contribution in [0.5, 0.6) is 0 Å². The van der Waals surface area contributed by atoms with E-state index in [1.54, 1.807) is 11.8 Å². The highest BCUT2D eigenvalue weighted by molar-refractivity contribution is 7.99. The molecule has 0 amide bonds. The first-order valence-electron chi connectivity index (χ1n) is 4.78. The molecule has 14 heavy (non-hydrogen) atoms. The van der Waals surface area contributed by atoms with E-state index >= 15 is 0 Å². The highest BCUT2D eigenvalue weighted by Crippen LogP contribution is 2.36. The Balaban J connectivity index is 2.61. The Morgan fingerprint density at radius 3 is 3.00 bits per heavy atom. The summed E-state index contributed by atoms with van der Waals surface area (Å²) >= 11 is 1.79. The highest BCUT2D eigenvalue weighted by Gasteiger charge is 2.20. The minimum Gasteiger partial charge on any atom is -0.259 e. The summed E-state index contributed by atoms with van der Waals surface area (Å²) in [6.07, 6.45) is 2.99. The molecule has 0 aromatic carbocycles. The van der Waals surface area contributed by atoms with Crippen molar-refractivity contribution in [3.63, 3.8) is 0 Å². The molecule has 1 aliphatic rings. The molecule has 2 heterocycles. The number of hydrogen-bond acceptors (Lipinski definition) is 3. The van der Waals surface area contributed by atoms with E-state index in [-0.39, 0.29) is 0 Å². The minimum atomic E-state index is 0.330. The molecular weight excluding hydrogens is 192 g/mol. The van der Waals surface area contributed by atoms with E-state index in [9.17, 15) is 0 Å². The summed E-state index contributed by atoms with van der Waals surface area (Å²) < 4.78 is 0. The Bertz CT molecular complexity index is 404. The van der Waals surface area contributed by atoms with Crippen molar-refractivity contribution < 1.29 is 0 Å². The first-order chi connectivity index (χ1) is 6.74. The van der Waals surface area contributed by atoms with Gasteiger partial charge in [0.15, 0.2) is 0 Å². The lowest BCUT2D eigenvalue weighted by Crippen LogP contribution is -2.00. The fraction of sp³-hybridized carbons (Fsp3) is 0.455. The van der Waals surface area contributed by atoms with E-state index in [2.05, 4.69) is 24.9 Å². The molecule has 0 fully saturated rings. The average molecular weight is 204 g/mol. The molecule has 0 saturated heterocycles. The number of rotatable bonds is 1. The van der Waals surface area contributed by atoms with Crippen LogP contribution in [-0.4, -0.2) is 10.7 Å². The molecule has 1 aromatic rings. The number of hydrogen-bond donors (Lipinski definition) is 0. The Labute approximate surface area is 88.4 Å². The van der Waals surface area contributed by atoms with Gasteiger partial charge in [0.05, 0.1) is 11.3 Å². The van der Waals surface area contributed by atoms with Gasteiger partial charge >= 0.3 is 0 Å². The number of aryl methyl sites for hydroxylation is 1. The first-order valence-corrected chi connectivity index (χ1v) is 5.77. The second-order valence-electron chi connectivity index (χ2n) is 3.74. The molecule has 1 aromatic heterocycles. The van der Waals surface area contributed by atoms with Crippen LogP contribution in [-0.2, 0) is 6.42 Å². The first kappa shape index (κ1) is 9.54. The van der Waals surface area contributed by atoms with Crippen LogP contribution in [0.25, 0.3) is 0 Å². The van der Waals surface area contributed by atoms with Gasteiger partial charge in [0, 0.05) is 16.8 Å². The predicted molar refractivity (Wildman–Crippen MR) is 57.5 cm³/mol. The number of nitrogens with zero attached hydrogens (tertiary/aromatic N) is 2. The summed E-state index contributed by atoms with van der Waals surface area (Å²) in [6.45, 7) is 4.16. The molecule has 0 bridgehead atoms. The standard InChI is InChI=1S/C11H12N2S/c1-7(2)10-9(5-12)11-8(6-13-10)3-4-14-11/h6-7H,3-4H2,1-2H3. The maximum atomic E-state index is 9.13. The van der Waals surface area contributed by atoms with Gasteiger partial charge in [-0.05, 0) is 17.9 Å². The van der Waals surface area contributed by atoms with Crippen molar-refractivity contribution in [3.05, 3.63) is 23.0 Å². The molecule has 0 aliphatic carbocycles. The number of aromatic nitrogens is 1. The molecule has 0 atom stereocenters. The Hall–Kier alpha value is -1.01. The molecule has 0 radical (unpaired) electrons. The smallest absolute Gasteiger partial charge is 0.102 e. The van der Waals surface area contributed by atoms with Gasteiger partial charge in [-0.3, -0.25) is 4.98 Å². The van der Waals surface area contributed by atoms with Crippen LogP contribution in [0.1, 0.15) is 36.6 Å². The van der Waals surface area contributed by atoms with Crippen LogP contribution in [0.3, 0.4) is 0 Å². The van der Waals surface area contributed by atoms with E-state index in [0.717, 1.165) is 23.4 Å². The van der Waals surface area contributed by atoms with Gasteiger partial charge < -0.3 is 0 Å². The molecule has 1 aliphatic heterocycles. The third-order valence-electron chi connectivity index (χ3n) is 2.41. The van der Waals surface area contributed by atoms with Gasteiger partial charge in [0.2, 0.25) is 0 Å². The van der Waals surface area contributed by atoms with Crippen LogP contribution >= 0.6 is 11.8 Å². The van der Waals surface area contributed by atoms with E-state index in [1.807, 2.05) is 6.20 Å². The minimum absolute atomic E-state index is 0.330. The molecule has 0 unspecified atom stereocenters. The molecule has 0 saturated carbocycles. The zero-order valence-electron chi connectivity index (χ0n) is 8.37. The molecule has 0 spiro atoms. The van der Waals surface area contributed by atoms with Crippen LogP contribution in [0.15, 0.2) is 11.1 Å². The lowest BCUT2D eigenvalue weighted by atomic mass is 10.0. The zero-order chi connectivity index (χ0) is 10.1. The number of pyridine rings is 1. The van der Waals surface area contributed by atoms with Crippen molar-refractivity contribution in [1.82, 2.24) is 4.98 Å². The van der Waals surface area contributed by atoms with Gasteiger partial charge in [-0.15, -0.1) is 11.8 Å². The van der Waals surface area contributed by atoms with E-state index in [0.29, 0.717) is 5.92 Å². The second kappa shape index (κ2) is 3.62. The Morgan fingerprint density at radius 2 is 2.36 bits per heavy atom. The monoisotopic (exact) mass is 204 g/mol. The maximum Gasteiger partial charge on any atom is 0.102 e. The SMILES string of the molecule is CC(C)c1ncc2c(c1C#N)SCC2. The summed E-state index contributed by atoms with van der Waals surface area (Å²) in [5, 5.41) is 9.13. The Kier molecular flexibility index (Phi) is 2.47. The fourth-order valence-corrected chi connectivity index (χ4v) is 2.86. The molecule has 2 rings (SSSR count). The lowest BCUT2D eigenvalue weighted by Gasteiger charge is -2.09. The van der Waals surface area contributed by atoms with E-state index in [1.165, 1.54) is 10.5 Å². The van der Waals surface area contributed by atoms with Crippen LogP contribution < -0.4 is 0 Å². The third kappa shape index (κ3) is 1.40. The van der Waals surface area contributed by atoms with Crippen LogP contribution in [0.4, 0.5) is 0 Å². The maximum absolute atomic E-state index is 9.13. The van der Waals surface area contributed by atoms with Crippen molar-refractivity contribution in [1.29, 1.82) is 5.26 Å².